The highest BCUT2D eigenvalue weighted by atomic mass is 16.7. The van der Waals surface area contributed by atoms with E-state index in [1.54, 1.807) is 0 Å². The SMILES string of the molecule is C[C@H](N)c1c(/C=C/C2CC2)ccc2c1OCO2. The number of hydrogen-bond acceptors (Lipinski definition) is 3. The van der Waals surface area contributed by atoms with Gasteiger partial charge in [0.2, 0.25) is 6.79 Å². The number of benzene rings is 1. The first-order valence-electron chi connectivity index (χ1n) is 6.12. The Bertz CT molecular complexity index is 462. The molecule has 0 unspecified atom stereocenters. The van der Waals surface area contributed by atoms with E-state index in [4.69, 9.17) is 15.2 Å². The Kier molecular flexibility index (Phi) is 2.56. The van der Waals surface area contributed by atoms with E-state index in [1.807, 2.05) is 13.0 Å². The maximum Gasteiger partial charge on any atom is 0.231 e. The third-order valence-electron chi connectivity index (χ3n) is 3.24. The normalized spacial score (nSPS) is 19.9. The Labute approximate surface area is 101 Å². The second-order valence-electron chi connectivity index (χ2n) is 4.79. The molecule has 1 aliphatic carbocycles. The number of nitrogens with two attached hydrogens (primary N) is 1. The predicted molar refractivity (Wildman–Crippen MR) is 66.9 cm³/mol. The predicted octanol–water partition coefficient (Wildman–Crippen LogP) is 2.86. The minimum atomic E-state index is -0.0505. The number of fused-ring (bicyclic) bond motifs is 1. The number of hydrogen-bond donors (Lipinski definition) is 1. The summed E-state index contributed by atoms with van der Waals surface area (Å²) in [5.74, 6) is 2.39. The molecule has 1 aromatic carbocycles. The van der Waals surface area contributed by atoms with E-state index in [0.29, 0.717) is 6.79 Å². The molecular formula is C14H17NO2. The maximum atomic E-state index is 6.04. The maximum absolute atomic E-state index is 6.04. The summed E-state index contributed by atoms with van der Waals surface area (Å²) < 4.78 is 10.9. The molecule has 1 aromatic rings. The Hall–Kier alpha value is -1.48. The van der Waals surface area contributed by atoms with Gasteiger partial charge in [0, 0.05) is 11.6 Å². The molecule has 0 radical (unpaired) electrons. The highest BCUT2D eigenvalue weighted by molar-refractivity contribution is 5.64. The fourth-order valence-corrected chi connectivity index (χ4v) is 2.15. The molecule has 0 aromatic heterocycles. The topological polar surface area (TPSA) is 44.5 Å². The lowest BCUT2D eigenvalue weighted by molar-refractivity contribution is 0.173. The van der Waals surface area contributed by atoms with Gasteiger partial charge in [-0.15, -0.1) is 0 Å². The van der Waals surface area contributed by atoms with Crippen LogP contribution < -0.4 is 15.2 Å². The van der Waals surface area contributed by atoms with Gasteiger partial charge in [0.1, 0.15) is 0 Å². The average Bonchev–Trinajstić information content (AvgIpc) is 3.01. The first kappa shape index (κ1) is 10.7. The van der Waals surface area contributed by atoms with Crippen molar-refractivity contribution in [3.63, 3.8) is 0 Å². The average molecular weight is 231 g/mol. The summed E-state index contributed by atoms with van der Waals surface area (Å²) in [6.07, 6.45) is 7.06. The second-order valence-corrected chi connectivity index (χ2v) is 4.79. The van der Waals surface area contributed by atoms with E-state index in [1.165, 1.54) is 12.8 Å². The molecule has 2 N–H and O–H groups in total. The molecular weight excluding hydrogens is 214 g/mol. The Morgan fingerprint density at radius 2 is 2.18 bits per heavy atom. The molecule has 2 aliphatic rings. The van der Waals surface area contributed by atoms with Crippen LogP contribution in [0.15, 0.2) is 18.2 Å². The standard InChI is InChI=1S/C14H17NO2/c1-9(15)13-11(5-4-10-2-3-10)6-7-12-14(13)17-8-16-12/h4-7,9-10H,2-3,8,15H2,1H3/b5-4+/t9-/m0/s1. The van der Waals surface area contributed by atoms with Crippen molar-refractivity contribution < 1.29 is 9.47 Å². The van der Waals surface area contributed by atoms with Crippen LogP contribution in [0.4, 0.5) is 0 Å². The monoisotopic (exact) mass is 231 g/mol. The zero-order chi connectivity index (χ0) is 11.8. The van der Waals surface area contributed by atoms with Gasteiger partial charge in [0.25, 0.3) is 0 Å². The van der Waals surface area contributed by atoms with Crippen LogP contribution in [0, 0.1) is 5.92 Å². The van der Waals surface area contributed by atoms with E-state index in [9.17, 15) is 0 Å². The summed E-state index contributed by atoms with van der Waals surface area (Å²) in [6.45, 7) is 2.27. The van der Waals surface area contributed by atoms with Crippen molar-refractivity contribution in [3.8, 4) is 11.5 Å². The van der Waals surface area contributed by atoms with Crippen molar-refractivity contribution in [2.45, 2.75) is 25.8 Å². The molecule has 1 heterocycles. The molecule has 3 heteroatoms. The summed E-state index contributed by atoms with van der Waals surface area (Å²) in [5.41, 5.74) is 8.24. The van der Waals surface area contributed by atoms with Gasteiger partial charge in [-0.05, 0) is 37.3 Å². The van der Waals surface area contributed by atoms with Gasteiger partial charge in [-0.1, -0.05) is 18.2 Å². The van der Waals surface area contributed by atoms with Gasteiger partial charge in [-0.25, -0.2) is 0 Å². The molecule has 1 aliphatic heterocycles. The quantitative estimate of drug-likeness (QED) is 0.870. The molecule has 0 bridgehead atoms. The molecule has 0 saturated heterocycles. The lowest BCUT2D eigenvalue weighted by atomic mass is 9.99. The third kappa shape index (κ3) is 2.03. The van der Waals surface area contributed by atoms with E-state index in [0.717, 1.165) is 28.5 Å². The van der Waals surface area contributed by atoms with Gasteiger partial charge < -0.3 is 15.2 Å². The molecule has 3 nitrogen and oxygen atoms in total. The van der Waals surface area contributed by atoms with E-state index >= 15 is 0 Å². The van der Waals surface area contributed by atoms with Gasteiger partial charge in [0.15, 0.2) is 11.5 Å². The van der Waals surface area contributed by atoms with E-state index in [2.05, 4.69) is 18.2 Å². The van der Waals surface area contributed by atoms with Gasteiger partial charge in [-0.3, -0.25) is 0 Å². The van der Waals surface area contributed by atoms with Gasteiger partial charge in [0.05, 0.1) is 0 Å². The second kappa shape index (κ2) is 4.08. The van der Waals surface area contributed by atoms with Gasteiger partial charge >= 0.3 is 0 Å². The van der Waals surface area contributed by atoms with Crippen LogP contribution in [0.2, 0.25) is 0 Å². The molecule has 3 rings (SSSR count). The number of rotatable bonds is 3. The van der Waals surface area contributed by atoms with Crippen molar-refractivity contribution in [1.82, 2.24) is 0 Å². The van der Waals surface area contributed by atoms with Crippen LogP contribution in [0.3, 0.4) is 0 Å². The highest BCUT2D eigenvalue weighted by Crippen LogP contribution is 2.41. The third-order valence-corrected chi connectivity index (χ3v) is 3.24. The number of allylic oxidation sites excluding steroid dienone is 1. The molecule has 0 amide bonds. The Morgan fingerprint density at radius 3 is 2.88 bits per heavy atom. The largest absolute Gasteiger partial charge is 0.454 e. The first-order valence-corrected chi connectivity index (χ1v) is 6.12. The van der Waals surface area contributed by atoms with Crippen molar-refractivity contribution in [1.29, 1.82) is 0 Å². The van der Waals surface area contributed by atoms with Gasteiger partial charge in [-0.2, -0.15) is 0 Å². The molecule has 1 saturated carbocycles. The van der Waals surface area contributed by atoms with Crippen LogP contribution in [-0.4, -0.2) is 6.79 Å². The van der Waals surface area contributed by atoms with E-state index < -0.39 is 0 Å². The van der Waals surface area contributed by atoms with Crippen LogP contribution >= 0.6 is 0 Å². The number of ether oxygens (including phenoxy) is 2. The molecule has 17 heavy (non-hydrogen) atoms. The Balaban J connectivity index is 2.01. The fraction of sp³-hybridized carbons (Fsp3) is 0.429. The van der Waals surface area contributed by atoms with Crippen LogP contribution in [0.25, 0.3) is 6.08 Å². The first-order chi connectivity index (χ1) is 8.25. The molecule has 1 fully saturated rings. The van der Waals surface area contributed by atoms with Crippen molar-refractivity contribution in [2.75, 3.05) is 6.79 Å². The lowest BCUT2D eigenvalue weighted by Gasteiger charge is -2.13. The summed E-state index contributed by atoms with van der Waals surface area (Å²) in [4.78, 5) is 0. The molecule has 1 atom stereocenters. The van der Waals surface area contributed by atoms with Crippen LogP contribution in [-0.2, 0) is 0 Å². The van der Waals surface area contributed by atoms with Crippen LogP contribution in [0.5, 0.6) is 11.5 Å². The zero-order valence-corrected chi connectivity index (χ0v) is 9.98. The zero-order valence-electron chi connectivity index (χ0n) is 9.98. The minimum absolute atomic E-state index is 0.0505. The summed E-state index contributed by atoms with van der Waals surface area (Å²) in [7, 11) is 0. The van der Waals surface area contributed by atoms with E-state index in [-0.39, 0.29) is 6.04 Å². The highest BCUT2D eigenvalue weighted by Gasteiger charge is 2.23. The summed E-state index contributed by atoms with van der Waals surface area (Å²) in [5, 5.41) is 0. The molecule has 90 valence electrons. The van der Waals surface area contributed by atoms with Crippen molar-refractivity contribution in [2.24, 2.45) is 11.7 Å². The lowest BCUT2D eigenvalue weighted by Crippen LogP contribution is -2.08. The van der Waals surface area contributed by atoms with Crippen LogP contribution in [0.1, 0.15) is 36.9 Å². The summed E-state index contributed by atoms with van der Waals surface area (Å²) >= 11 is 0. The van der Waals surface area contributed by atoms with Crippen molar-refractivity contribution >= 4 is 6.08 Å². The smallest absolute Gasteiger partial charge is 0.231 e. The summed E-state index contributed by atoms with van der Waals surface area (Å²) in [6, 6.07) is 3.97. The fourth-order valence-electron chi connectivity index (χ4n) is 2.15. The van der Waals surface area contributed by atoms with Crippen molar-refractivity contribution in [3.05, 3.63) is 29.3 Å². The Morgan fingerprint density at radius 1 is 1.35 bits per heavy atom. The molecule has 0 spiro atoms. The minimum Gasteiger partial charge on any atom is -0.454 e.